The van der Waals surface area contributed by atoms with E-state index >= 15 is 0 Å². The van der Waals surface area contributed by atoms with Crippen molar-refractivity contribution >= 4 is 24.2 Å². The summed E-state index contributed by atoms with van der Waals surface area (Å²) in [5.74, 6) is -0.00219. The van der Waals surface area contributed by atoms with E-state index in [1.807, 2.05) is 29.2 Å². The molecular formula is C21H25ClFN3O3. The Kier molecular flexibility index (Phi) is 8.42. The molecular weight excluding hydrogens is 397 g/mol. The van der Waals surface area contributed by atoms with Gasteiger partial charge in [-0.15, -0.1) is 12.4 Å². The van der Waals surface area contributed by atoms with Crippen LogP contribution in [-0.2, 0) is 4.79 Å². The van der Waals surface area contributed by atoms with Gasteiger partial charge in [0.1, 0.15) is 11.6 Å². The molecule has 3 rings (SSSR count). The molecule has 2 aromatic rings. The maximum absolute atomic E-state index is 12.9. The molecule has 0 radical (unpaired) electrons. The smallest absolute Gasteiger partial charge is 0.251 e. The molecule has 8 heteroatoms. The van der Waals surface area contributed by atoms with Crippen molar-refractivity contribution in [2.24, 2.45) is 0 Å². The lowest BCUT2D eigenvalue weighted by atomic mass is 10.0. The Morgan fingerprint density at radius 2 is 1.93 bits per heavy atom. The molecule has 1 saturated heterocycles. The molecule has 1 aliphatic rings. The first-order valence-electron chi connectivity index (χ1n) is 9.27. The number of benzene rings is 2. The highest BCUT2D eigenvalue weighted by Gasteiger charge is 2.29. The van der Waals surface area contributed by atoms with Crippen molar-refractivity contribution in [1.82, 2.24) is 15.5 Å². The lowest BCUT2D eigenvalue weighted by molar-refractivity contribution is -0.134. The number of nitrogens with one attached hydrogen (secondary N) is 2. The zero-order chi connectivity index (χ0) is 19.9. The van der Waals surface area contributed by atoms with Crippen molar-refractivity contribution in [2.45, 2.75) is 12.5 Å². The van der Waals surface area contributed by atoms with E-state index in [0.29, 0.717) is 18.7 Å². The number of nitrogens with zero attached hydrogens (tertiary/aromatic N) is 1. The number of hydrogen-bond donors (Lipinski definition) is 2. The standard InChI is InChI=1S/C21H24FN3O3.ClH/c1-28-19-5-3-2-4-17(19)18-14-23-12-13-25(18)20(26)10-11-24-21(27)15-6-8-16(22)9-7-15;/h2-9,18,23H,10-14H2,1H3,(H,24,27);1H. The van der Waals surface area contributed by atoms with E-state index in [2.05, 4.69) is 10.6 Å². The first kappa shape index (κ1) is 22.6. The molecule has 2 N–H and O–H groups in total. The van der Waals surface area contributed by atoms with Crippen LogP contribution in [0.1, 0.15) is 28.4 Å². The number of ether oxygens (including phenoxy) is 1. The quantitative estimate of drug-likeness (QED) is 0.752. The Morgan fingerprint density at radius 1 is 1.21 bits per heavy atom. The van der Waals surface area contributed by atoms with Gasteiger partial charge in [-0.3, -0.25) is 9.59 Å². The highest BCUT2D eigenvalue weighted by Crippen LogP contribution is 2.30. The molecule has 1 unspecified atom stereocenters. The molecule has 6 nitrogen and oxygen atoms in total. The Balaban J connectivity index is 0.00000300. The highest BCUT2D eigenvalue weighted by atomic mass is 35.5. The van der Waals surface area contributed by atoms with Crippen molar-refractivity contribution in [3.05, 3.63) is 65.5 Å². The van der Waals surface area contributed by atoms with Crippen molar-refractivity contribution in [2.75, 3.05) is 33.3 Å². The summed E-state index contributed by atoms with van der Waals surface area (Å²) in [5.41, 5.74) is 1.32. The maximum Gasteiger partial charge on any atom is 0.251 e. The number of carbonyl (C=O) groups excluding carboxylic acids is 2. The fourth-order valence-corrected chi connectivity index (χ4v) is 3.35. The molecule has 1 fully saturated rings. The van der Waals surface area contributed by atoms with E-state index in [4.69, 9.17) is 4.74 Å². The minimum absolute atomic E-state index is 0. The van der Waals surface area contributed by atoms with Crippen LogP contribution in [0.5, 0.6) is 5.75 Å². The largest absolute Gasteiger partial charge is 0.496 e. The van der Waals surface area contributed by atoms with Crippen molar-refractivity contribution in [3.63, 3.8) is 0 Å². The van der Waals surface area contributed by atoms with Gasteiger partial charge in [0, 0.05) is 43.7 Å². The van der Waals surface area contributed by atoms with Crippen LogP contribution >= 0.6 is 12.4 Å². The third-order valence-corrected chi connectivity index (χ3v) is 4.79. The Labute approximate surface area is 175 Å². The van der Waals surface area contributed by atoms with Gasteiger partial charge in [0.15, 0.2) is 0 Å². The summed E-state index contributed by atoms with van der Waals surface area (Å²) in [6.45, 7) is 2.18. The first-order valence-corrected chi connectivity index (χ1v) is 9.27. The van der Waals surface area contributed by atoms with E-state index in [1.54, 1.807) is 7.11 Å². The van der Waals surface area contributed by atoms with Crippen LogP contribution in [0, 0.1) is 5.82 Å². The van der Waals surface area contributed by atoms with Gasteiger partial charge in [0.2, 0.25) is 5.91 Å². The third-order valence-electron chi connectivity index (χ3n) is 4.79. The molecule has 0 aromatic heterocycles. The molecule has 1 atom stereocenters. The fraction of sp³-hybridized carbons (Fsp3) is 0.333. The monoisotopic (exact) mass is 421 g/mol. The second-order valence-corrected chi connectivity index (χ2v) is 6.56. The topological polar surface area (TPSA) is 70.7 Å². The van der Waals surface area contributed by atoms with E-state index in [9.17, 15) is 14.0 Å². The predicted molar refractivity (Wildman–Crippen MR) is 111 cm³/mol. The lowest BCUT2D eigenvalue weighted by Gasteiger charge is -2.37. The summed E-state index contributed by atoms with van der Waals surface area (Å²) >= 11 is 0. The van der Waals surface area contributed by atoms with E-state index in [0.717, 1.165) is 17.9 Å². The summed E-state index contributed by atoms with van der Waals surface area (Å²) in [4.78, 5) is 26.7. The predicted octanol–water partition coefficient (Wildman–Crippen LogP) is 2.55. The van der Waals surface area contributed by atoms with Crippen LogP contribution < -0.4 is 15.4 Å². The molecule has 2 aromatic carbocycles. The number of amides is 2. The number of methoxy groups -OCH3 is 1. The minimum atomic E-state index is -0.396. The van der Waals surface area contributed by atoms with Gasteiger partial charge in [-0.25, -0.2) is 4.39 Å². The number of hydrogen-bond acceptors (Lipinski definition) is 4. The Bertz CT molecular complexity index is 832. The van der Waals surface area contributed by atoms with Crippen LogP contribution in [-0.4, -0.2) is 50.0 Å². The number of rotatable bonds is 6. The molecule has 0 bridgehead atoms. The van der Waals surface area contributed by atoms with Gasteiger partial charge >= 0.3 is 0 Å². The van der Waals surface area contributed by atoms with E-state index < -0.39 is 5.82 Å². The molecule has 156 valence electrons. The highest BCUT2D eigenvalue weighted by molar-refractivity contribution is 5.94. The molecule has 1 heterocycles. The van der Waals surface area contributed by atoms with Gasteiger partial charge in [0.05, 0.1) is 13.2 Å². The molecule has 0 aliphatic carbocycles. The van der Waals surface area contributed by atoms with E-state index in [1.165, 1.54) is 24.3 Å². The summed E-state index contributed by atoms with van der Waals surface area (Å²) in [5, 5.41) is 6.04. The number of carbonyl (C=O) groups is 2. The maximum atomic E-state index is 12.9. The zero-order valence-electron chi connectivity index (χ0n) is 16.2. The second-order valence-electron chi connectivity index (χ2n) is 6.56. The summed E-state index contributed by atoms with van der Waals surface area (Å²) < 4.78 is 18.4. The average molecular weight is 422 g/mol. The van der Waals surface area contributed by atoms with Crippen LogP contribution in [0.4, 0.5) is 4.39 Å². The number of halogens is 2. The fourth-order valence-electron chi connectivity index (χ4n) is 3.35. The first-order chi connectivity index (χ1) is 13.6. The van der Waals surface area contributed by atoms with Gasteiger partial charge in [-0.05, 0) is 30.3 Å². The Hall–Kier alpha value is -2.64. The van der Waals surface area contributed by atoms with Crippen LogP contribution in [0.25, 0.3) is 0 Å². The summed E-state index contributed by atoms with van der Waals surface area (Å²) in [7, 11) is 1.62. The van der Waals surface area contributed by atoms with Crippen LogP contribution in [0.2, 0.25) is 0 Å². The lowest BCUT2D eigenvalue weighted by Crippen LogP contribution is -2.49. The minimum Gasteiger partial charge on any atom is -0.496 e. The number of para-hydroxylation sites is 1. The average Bonchev–Trinajstić information content (AvgIpc) is 2.74. The molecule has 0 spiro atoms. The van der Waals surface area contributed by atoms with Crippen molar-refractivity contribution in [1.29, 1.82) is 0 Å². The second kappa shape index (κ2) is 10.8. The van der Waals surface area contributed by atoms with Gasteiger partial charge in [-0.2, -0.15) is 0 Å². The Morgan fingerprint density at radius 3 is 2.66 bits per heavy atom. The molecule has 1 aliphatic heterocycles. The third kappa shape index (κ3) is 5.68. The molecule has 2 amide bonds. The molecule has 0 saturated carbocycles. The number of piperazine rings is 1. The van der Waals surface area contributed by atoms with Gasteiger partial charge < -0.3 is 20.3 Å². The van der Waals surface area contributed by atoms with Crippen LogP contribution in [0.15, 0.2) is 48.5 Å². The van der Waals surface area contributed by atoms with Crippen molar-refractivity contribution < 1.29 is 18.7 Å². The SMILES string of the molecule is COc1ccccc1C1CNCCN1C(=O)CCNC(=O)c1ccc(F)cc1.Cl. The summed E-state index contributed by atoms with van der Waals surface area (Å²) in [6, 6.07) is 12.9. The van der Waals surface area contributed by atoms with Crippen LogP contribution in [0.3, 0.4) is 0 Å². The van der Waals surface area contributed by atoms with Gasteiger partial charge in [-0.1, -0.05) is 18.2 Å². The molecule has 29 heavy (non-hydrogen) atoms. The summed E-state index contributed by atoms with van der Waals surface area (Å²) in [6.07, 6.45) is 0.193. The zero-order valence-corrected chi connectivity index (χ0v) is 17.0. The van der Waals surface area contributed by atoms with Crippen molar-refractivity contribution in [3.8, 4) is 5.75 Å². The normalized spacial score (nSPS) is 15.9. The van der Waals surface area contributed by atoms with Gasteiger partial charge in [0.25, 0.3) is 5.91 Å². The van der Waals surface area contributed by atoms with E-state index in [-0.39, 0.29) is 43.2 Å².